The van der Waals surface area contributed by atoms with Gasteiger partial charge in [-0.05, 0) is 45.9 Å². The number of hydrogen-bond donors (Lipinski definition) is 1. The molecular weight excluding hydrogens is 273 g/mol. The van der Waals surface area contributed by atoms with Crippen molar-refractivity contribution in [1.29, 1.82) is 0 Å². The molecule has 0 saturated heterocycles. The maximum atomic E-state index is 11.8. The molecule has 1 aromatic carbocycles. The highest BCUT2D eigenvalue weighted by Crippen LogP contribution is 2.28. The minimum Gasteiger partial charge on any atom is -0.479 e. The fraction of sp³-hybridized carbons (Fsp3) is 0.462. The Morgan fingerprint density at radius 1 is 1.33 bits per heavy atom. The van der Waals surface area contributed by atoms with Gasteiger partial charge in [-0.2, -0.15) is 0 Å². The lowest BCUT2D eigenvalue weighted by Gasteiger charge is -2.23. The smallest absolute Gasteiger partial charge is 0.261 e. The molecule has 1 atom stereocenters. The molecule has 0 aromatic heterocycles. The first-order chi connectivity index (χ1) is 8.19. The summed E-state index contributed by atoms with van der Waals surface area (Å²) in [4.78, 5) is 11.8. The van der Waals surface area contributed by atoms with Crippen LogP contribution in [0.25, 0.3) is 0 Å². The Morgan fingerprint density at radius 3 is 2.44 bits per heavy atom. The molecule has 18 heavy (non-hydrogen) atoms. The van der Waals surface area contributed by atoms with Crippen molar-refractivity contribution in [3.63, 3.8) is 0 Å². The van der Waals surface area contributed by atoms with Crippen LogP contribution in [0.3, 0.4) is 0 Å². The number of hydrogen-bond acceptors (Lipinski definition) is 2. The average molecular weight is 290 g/mol. The number of ether oxygens (including phenoxy) is 1. The quantitative estimate of drug-likeness (QED) is 0.922. The first-order valence-corrected chi connectivity index (χ1v) is 6.38. The largest absolute Gasteiger partial charge is 0.479 e. The van der Waals surface area contributed by atoms with Gasteiger partial charge in [0, 0.05) is 10.6 Å². The monoisotopic (exact) mass is 289 g/mol. The highest BCUT2D eigenvalue weighted by molar-refractivity contribution is 6.35. The Kier molecular flexibility index (Phi) is 4.88. The van der Waals surface area contributed by atoms with Gasteiger partial charge in [-0.25, -0.2) is 0 Å². The van der Waals surface area contributed by atoms with Crippen LogP contribution in [0, 0.1) is 0 Å². The number of halogens is 2. The third-order valence-electron chi connectivity index (χ3n) is 2.07. The third kappa shape index (κ3) is 4.75. The van der Waals surface area contributed by atoms with Crippen molar-refractivity contribution >= 4 is 29.1 Å². The van der Waals surface area contributed by atoms with E-state index in [2.05, 4.69) is 5.32 Å². The summed E-state index contributed by atoms with van der Waals surface area (Å²) >= 11 is 11.8. The number of carbonyl (C=O) groups is 1. The van der Waals surface area contributed by atoms with Crippen molar-refractivity contribution in [2.45, 2.75) is 39.3 Å². The van der Waals surface area contributed by atoms with Gasteiger partial charge in [-0.3, -0.25) is 4.79 Å². The molecule has 0 aliphatic rings. The van der Waals surface area contributed by atoms with Gasteiger partial charge in [0.1, 0.15) is 5.75 Å². The summed E-state index contributed by atoms with van der Waals surface area (Å²) in [6.45, 7) is 7.40. The van der Waals surface area contributed by atoms with Crippen molar-refractivity contribution in [3.8, 4) is 5.75 Å². The minimum atomic E-state index is -0.622. The lowest BCUT2D eigenvalue weighted by molar-refractivity contribution is -0.128. The molecule has 1 rings (SSSR count). The Morgan fingerprint density at radius 2 is 1.94 bits per heavy atom. The van der Waals surface area contributed by atoms with E-state index in [0.29, 0.717) is 15.8 Å². The maximum Gasteiger partial charge on any atom is 0.261 e. The summed E-state index contributed by atoms with van der Waals surface area (Å²) < 4.78 is 5.51. The van der Waals surface area contributed by atoms with Crippen LogP contribution in [-0.4, -0.2) is 17.6 Å². The van der Waals surface area contributed by atoms with E-state index in [-0.39, 0.29) is 11.4 Å². The van der Waals surface area contributed by atoms with Crippen molar-refractivity contribution in [2.24, 2.45) is 0 Å². The summed E-state index contributed by atoms with van der Waals surface area (Å²) in [5, 5.41) is 3.75. The zero-order valence-corrected chi connectivity index (χ0v) is 12.4. The second kappa shape index (κ2) is 5.81. The van der Waals surface area contributed by atoms with Crippen molar-refractivity contribution in [3.05, 3.63) is 28.2 Å². The van der Waals surface area contributed by atoms with Crippen molar-refractivity contribution in [2.75, 3.05) is 0 Å². The Hall–Kier alpha value is -0.930. The number of nitrogens with one attached hydrogen (secondary N) is 1. The van der Waals surface area contributed by atoms with Crippen LogP contribution in [0.1, 0.15) is 27.7 Å². The van der Waals surface area contributed by atoms with E-state index in [1.165, 1.54) is 0 Å². The van der Waals surface area contributed by atoms with Crippen LogP contribution in [0.4, 0.5) is 0 Å². The molecular formula is C13H17Cl2NO2. The maximum absolute atomic E-state index is 11.8. The zero-order chi connectivity index (χ0) is 13.9. The molecule has 1 unspecified atom stereocenters. The molecule has 1 aromatic rings. The van der Waals surface area contributed by atoms with Crippen LogP contribution in [0.2, 0.25) is 10.0 Å². The van der Waals surface area contributed by atoms with Crippen LogP contribution in [0.5, 0.6) is 5.75 Å². The van der Waals surface area contributed by atoms with Gasteiger partial charge in [-0.1, -0.05) is 23.2 Å². The molecule has 1 N–H and O–H groups in total. The molecule has 0 spiro atoms. The second-order valence-corrected chi connectivity index (χ2v) is 5.92. The molecule has 0 heterocycles. The molecule has 0 fully saturated rings. The summed E-state index contributed by atoms with van der Waals surface area (Å²) in [6, 6.07) is 4.88. The van der Waals surface area contributed by atoms with Gasteiger partial charge in [0.2, 0.25) is 0 Å². The molecule has 0 aliphatic carbocycles. The van der Waals surface area contributed by atoms with Gasteiger partial charge < -0.3 is 10.1 Å². The van der Waals surface area contributed by atoms with Crippen LogP contribution in [0.15, 0.2) is 18.2 Å². The molecule has 5 heteroatoms. The fourth-order valence-electron chi connectivity index (χ4n) is 1.29. The van der Waals surface area contributed by atoms with E-state index < -0.39 is 6.10 Å². The van der Waals surface area contributed by atoms with Crippen LogP contribution >= 0.6 is 23.2 Å². The number of carbonyl (C=O) groups excluding carboxylic acids is 1. The summed E-state index contributed by atoms with van der Waals surface area (Å²) in [5.74, 6) is 0.256. The molecule has 3 nitrogen and oxygen atoms in total. The van der Waals surface area contributed by atoms with E-state index in [9.17, 15) is 4.79 Å². The predicted molar refractivity (Wildman–Crippen MR) is 74.4 cm³/mol. The molecule has 0 saturated carbocycles. The fourth-order valence-corrected chi connectivity index (χ4v) is 1.74. The van der Waals surface area contributed by atoms with Crippen molar-refractivity contribution in [1.82, 2.24) is 5.32 Å². The second-order valence-electron chi connectivity index (χ2n) is 5.07. The molecule has 1 amide bonds. The first kappa shape index (κ1) is 15.1. The van der Waals surface area contributed by atoms with E-state index in [4.69, 9.17) is 27.9 Å². The molecule has 100 valence electrons. The van der Waals surface area contributed by atoms with Gasteiger partial charge >= 0.3 is 0 Å². The summed E-state index contributed by atoms with van der Waals surface area (Å²) in [6.07, 6.45) is -0.622. The van der Waals surface area contributed by atoms with E-state index >= 15 is 0 Å². The van der Waals surface area contributed by atoms with Crippen molar-refractivity contribution < 1.29 is 9.53 Å². The minimum absolute atomic E-state index is 0.187. The molecule has 0 radical (unpaired) electrons. The van der Waals surface area contributed by atoms with E-state index in [1.54, 1.807) is 25.1 Å². The topological polar surface area (TPSA) is 38.3 Å². The van der Waals surface area contributed by atoms with Crippen LogP contribution < -0.4 is 10.1 Å². The lowest BCUT2D eigenvalue weighted by Crippen LogP contribution is -2.46. The first-order valence-electron chi connectivity index (χ1n) is 5.63. The molecule has 0 bridgehead atoms. The van der Waals surface area contributed by atoms with Gasteiger partial charge in [0.15, 0.2) is 6.10 Å². The van der Waals surface area contributed by atoms with Gasteiger partial charge in [-0.15, -0.1) is 0 Å². The Labute approximate surface area is 117 Å². The Balaban J connectivity index is 2.69. The number of rotatable bonds is 3. The highest BCUT2D eigenvalue weighted by atomic mass is 35.5. The molecule has 0 aliphatic heterocycles. The lowest BCUT2D eigenvalue weighted by atomic mass is 10.1. The normalized spacial score (nSPS) is 13.0. The Bertz CT molecular complexity index is 441. The van der Waals surface area contributed by atoms with E-state index in [0.717, 1.165) is 0 Å². The highest BCUT2D eigenvalue weighted by Gasteiger charge is 2.21. The zero-order valence-electron chi connectivity index (χ0n) is 10.9. The third-order valence-corrected chi connectivity index (χ3v) is 2.60. The summed E-state index contributed by atoms with van der Waals surface area (Å²) in [7, 11) is 0. The standard InChI is InChI=1S/C13H17Cl2NO2/c1-8(12(17)16-13(2,3)4)18-11-6-5-9(14)7-10(11)15/h5-8H,1-4H3,(H,16,17). The average Bonchev–Trinajstić information content (AvgIpc) is 2.19. The van der Waals surface area contributed by atoms with Gasteiger partial charge in [0.25, 0.3) is 5.91 Å². The summed E-state index contributed by atoms with van der Waals surface area (Å²) in [5.41, 5.74) is -0.293. The number of benzene rings is 1. The van der Waals surface area contributed by atoms with E-state index in [1.807, 2.05) is 20.8 Å². The SMILES string of the molecule is CC(Oc1ccc(Cl)cc1Cl)C(=O)NC(C)(C)C. The van der Waals surface area contributed by atoms with Crippen LogP contribution in [-0.2, 0) is 4.79 Å². The van der Waals surface area contributed by atoms with Gasteiger partial charge in [0.05, 0.1) is 5.02 Å². The number of amides is 1. The predicted octanol–water partition coefficient (Wildman–Crippen LogP) is 3.68.